The second kappa shape index (κ2) is 5.71. The van der Waals surface area contributed by atoms with Gasteiger partial charge in [-0.15, -0.1) is 0 Å². The van der Waals surface area contributed by atoms with Crippen LogP contribution in [0.25, 0.3) is 0 Å². The highest BCUT2D eigenvalue weighted by molar-refractivity contribution is 5.30. The van der Waals surface area contributed by atoms with Crippen LogP contribution in [-0.4, -0.2) is 45.0 Å². The third kappa shape index (κ3) is 3.46. The lowest BCUT2D eigenvalue weighted by Crippen LogP contribution is -2.45. The van der Waals surface area contributed by atoms with Crippen LogP contribution >= 0.6 is 0 Å². The first kappa shape index (κ1) is 13.4. The molecular formula is C13H24N4O. The molecule has 5 heteroatoms. The lowest BCUT2D eigenvalue weighted by Gasteiger charge is -2.37. The maximum Gasteiger partial charge on any atom is 0.0862 e. The second-order valence-corrected chi connectivity index (χ2v) is 5.62. The highest BCUT2D eigenvalue weighted by atomic mass is 16.3. The van der Waals surface area contributed by atoms with Gasteiger partial charge in [0.1, 0.15) is 0 Å². The first-order chi connectivity index (χ1) is 8.54. The quantitative estimate of drug-likeness (QED) is 0.837. The molecule has 3 N–H and O–H groups in total. The Morgan fingerprint density at radius 1 is 1.50 bits per heavy atom. The topological polar surface area (TPSA) is 67.3 Å². The molecule has 0 aromatic carbocycles. The number of likely N-dealkylation sites (tertiary alicyclic amines) is 1. The zero-order valence-electron chi connectivity index (χ0n) is 11.3. The van der Waals surface area contributed by atoms with Gasteiger partial charge in [-0.1, -0.05) is 6.92 Å². The number of aliphatic hydroxyl groups is 1. The van der Waals surface area contributed by atoms with Gasteiger partial charge in [0, 0.05) is 18.8 Å². The number of aliphatic hydroxyl groups excluding tert-OH is 1. The van der Waals surface area contributed by atoms with Crippen molar-refractivity contribution in [1.82, 2.24) is 14.7 Å². The molecule has 0 radical (unpaired) electrons. The first-order valence-corrected chi connectivity index (χ1v) is 6.74. The molecule has 1 aliphatic heterocycles. The fourth-order valence-corrected chi connectivity index (χ4v) is 2.75. The molecule has 0 bridgehead atoms. The van der Waals surface area contributed by atoms with Gasteiger partial charge in [-0.3, -0.25) is 9.58 Å². The van der Waals surface area contributed by atoms with Crippen LogP contribution in [0.2, 0.25) is 0 Å². The van der Waals surface area contributed by atoms with Crippen molar-refractivity contribution < 1.29 is 5.11 Å². The van der Waals surface area contributed by atoms with Gasteiger partial charge in [0.25, 0.3) is 0 Å². The molecule has 1 fully saturated rings. The minimum absolute atomic E-state index is 0.389. The van der Waals surface area contributed by atoms with E-state index in [1.165, 1.54) is 12.8 Å². The fraction of sp³-hybridized carbons (Fsp3) is 0.769. The van der Waals surface area contributed by atoms with E-state index in [-0.39, 0.29) is 6.10 Å². The summed E-state index contributed by atoms with van der Waals surface area (Å²) in [6.45, 7) is 6.86. The van der Waals surface area contributed by atoms with Gasteiger partial charge < -0.3 is 10.8 Å². The van der Waals surface area contributed by atoms with E-state index in [0.717, 1.165) is 12.5 Å². The Morgan fingerprint density at radius 3 is 2.89 bits per heavy atom. The lowest BCUT2D eigenvalue weighted by atomic mass is 9.93. The molecule has 0 spiro atoms. The Balaban J connectivity index is 1.82. The van der Waals surface area contributed by atoms with Gasteiger partial charge in [-0.2, -0.15) is 5.10 Å². The van der Waals surface area contributed by atoms with Gasteiger partial charge in [-0.05, 0) is 32.2 Å². The van der Waals surface area contributed by atoms with E-state index in [1.54, 1.807) is 17.1 Å². The average Bonchev–Trinajstić information content (AvgIpc) is 2.68. The van der Waals surface area contributed by atoms with Gasteiger partial charge in [0.05, 0.1) is 24.5 Å². The van der Waals surface area contributed by atoms with E-state index >= 15 is 0 Å². The fourth-order valence-electron chi connectivity index (χ4n) is 2.75. The zero-order chi connectivity index (χ0) is 13.1. The molecule has 3 atom stereocenters. The highest BCUT2D eigenvalue weighted by Crippen LogP contribution is 2.22. The first-order valence-electron chi connectivity index (χ1n) is 6.74. The van der Waals surface area contributed by atoms with Gasteiger partial charge in [-0.25, -0.2) is 0 Å². The number of hydrogen-bond acceptors (Lipinski definition) is 4. The molecule has 0 amide bonds. The number of hydrogen-bond donors (Lipinski definition) is 2. The van der Waals surface area contributed by atoms with Crippen LogP contribution in [0.15, 0.2) is 12.4 Å². The van der Waals surface area contributed by atoms with Crippen LogP contribution < -0.4 is 5.73 Å². The Morgan fingerprint density at radius 2 is 2.28 bits per heavy atom. The smallest absolute Gasteiger partial charge is 0.0862 e. The molecule has 1 aliphatic rings. The van der Waals surface area contributed by atoms with E-state index in [9.17, 15) is 5.11 Å². The molecule has 5 nitrogen and oxygen atoms in total. The van der Waals surface area contributed by atoms with Crippen molar-refractivity contribution >= 4 is 5.69 Å². The van der Waals surface area contributed by atoms with Gasteiger partial charge >= 0.3 is 0 Å². The third-order valence-corrected chi connectivity index (χ3v) is 3.77. The summed E-state index contributed by atoms with van der Waals surface area (Å²) >= 11 is 0. The molecule has 3 unspecified atom stereocenters. The molecule has 1 saturated heterocycles. The number of rotatable bonds is 4. The highest BCUT2D eigenvalue weighted by Gasteiger charge is 2.24. The normalized spacial score (nSPS) is 27.3. The zero-order valence-corrected chi connectivity index (χ0v) is 11.3. The SMILES string of the molecule is CC1CCN(CC(O)Cn2cc(N)cn2)C(C)C1. The second-order valence-electron chi connectivity index (χ2n) is 5.62. The number of nitrogens with two attached hydrogens (primary N) is 1. The van der Waals surface area contributed by atoms with Crippen molar-refractivity contribution in [1.29, 1.82) is 0 Å². The predicted molar refractivity (Wildman–Crippen MR) is 72.1 cm³/mol. The van der Waals surface area contributed by atoms with E-state index in [1.807, 2.05) is 0 Å². The Bertz CT molecular complexity index is 379. The van der Waals surface area contributed by atoms with Crippen LogP contribution in [-0.2, 0) is 6.54 Å². The van der Waals surface area contributed by atoms with Crippen LogP contribution in [0.1, 0.15) is 26.7 Å². The van der Waals surface area contributed by atoms with Crippen LogP contribution in [0.4, 0.5) is 5.69 Å². The molecule has 1 aromatic heterocycles. The van der Waals surface area contributed by atoms with Gasteiger partial charge in [0.2, 0.25) is 0 Å². The largest absolute Gasteiger partial charge is 0.396 e. The number of aromatic nitrogens is 2. The molecule has 2 heterocycles. The predicted octanol–water partition coefficient (Wildman–Crippen LogP) is 0.947. The Labute approximate surface area is 109 Å². The summed E-state index contributed by atoms with van der Waals surface area (Å²) in [5, 5.41) is 14.2. The minimum Gasteiger partial charge on any atom is -0.396 e. The van der Waals surface area contributed by atoms with E-state index in [2.05, 4.69) is 23.8 Å². The molecule has 2 rings (SSSR count). The molecule has 102 valence electrons. The van der Waals surface area contributed by atoms with E-state index in [4.69, 9.17) is 5.73 Å². The number of anilines is 1. The average molecular weight is 252 g/mol. The summed E-state index contributed by atoms with van der Waals surface area (Å²) in [5.41, 5.74) is 6.24. The van der Waals surface area contributed by atoms with Crippen molar-refractivity contribution in [3.05, 3.63) is 12.4 Å². The van der Waals surface area contributed by atoms with E-state index in [0.29, 0.717) is 24.8 Å². The third-order valence-electron chi connectivity index (χ3n) is 3.77. The van der Waals surface area contributed by atoms with E-state index < -0.39 is 0 Å². The summed E-state index contributed by atoms with van der Waals surface area (Å²) in [6.07, 6.45) is 5.43. The monoisotopic (exact) mass is 252 g/mol. The molecule has 18 heavy (non-hydrogen) atoms. The summed E-state index contributed by atoms with van der Waals surface area (Å²) in [6, 6.07) is 0.561. The van der Waals surface area contributed by atoms with Gasteiger partial charge in [0.15, 0.2) is 0 Å². The minimum atomic E-state index is -0.389. The molecule has 0 saturated carbocycles. The lowest BCUT2D eigenvalue weighted by molar-refractivity contribution is 0.0505. The summed E-state index contributed by atoms with van der Waals surface area (Å²) in [7, 11) is 0. The maximum absolute atomic E-state index is 10.1. The number of β-amino-alcohol motifs (C(OH)–C–C–N with tert-alkyl or cyclic N) is 1. The number of nitrogens with zero attached hydrogens (tertiary/aromatic N) is 3. The number of piperidine rings is 1. The van der Waals surface area contributed by atoms with Crippen molar-refractivity contribution in [2.75, 3.05) is 18.8 Å². The maximum atomic E-state index is 10.1. The molecule has 0 aliphatic carbocycles. The van der Waals surface area contributed by atoms with Crippen molar-refractivity contribution in [2.24, 2.45) is 5.92 Å². The molecule has 1 aromatic rings. The Hall–Kier alpha value is -1.07. The van der Waals surface area contributed by atoms with Crippen molar-refractivity contribution in [2.45, 2.75) is 45.4 Å². The standard InChI is InChI=1S/C13H24N4O/c1-10-3-4-16(11(2)5-10)8-13(18)9-17-7-12(14)6-15-17/h6-7,10-11,13,18H,3-5,8-9,14H2,1-2H3. The number of nitrogen functional groups attached to an aromatic ring is 1. The van der Waals surface area contributed by atoms with Crippen LogP contribution in [0.5, 0.6) is 0 Å². The summed E-state index contributed by atoms with van der Waals surface area (Å²) < 4.78 is 1.71. The van der Waals surface area contributed by atoms with Crippen molar-refractivity contribution in [3.63, 3.8) is 0 Å². The van der Waals surface area contributed by atoms with Crippen LogP contribution in [0.3, 0.4) is 0 Å². The Kier molecular flexibility index (Phi) is 4.24. The summed E-state index contributed by atoms with van der Waals surface area (Å²) in [5.74, 6) is 0.805. The van der Waals surface area contributed by atoms with Crippen LogP contribution in [0, 0.1) is 5.92 Å². The molecular weight excluding hydrogens is 228 g/mol. The van der Waals surface area contributed by atoms with Crippen molar-refractivity contribution in [3.8, 4) is 0 Å². The summed E-state index contributed by atoms with van der Waals surface area (Å²) in [4.78, 5) is 2.37.